The molecule has 1 aliphatic rings. The number of carbonyl (C=O) groups excluding carboxylic acids is 2. The third kappa shape index (κ3) is 3.99. The Kier molecular flexibility index (Phi) is 5.47. The first-order valence-corrected chi connectivity index (χ1v) is 9.04. The quantitative estimate of drug-likeness (QED) is 0.846. The topological polar surface area (TPSA) is 61.4 Å². The predicted octanol–water partition coefficient (Wildman–Crippen LogP) is 4.21. The van der Waals surface area contributed by atoms with Crippen LogP contribution in [0.15, 0.2) is 42.5 Å². The van der Waals surface area contributed by atoms with Crippen molar-refractivity contribution in [2.45, 2.75) is 32.7 Å². The lowest BCUT2D eigenvalue weighted by Gasteiger charge is -2.33. The molecule has 0 spiro atoms. The zero-order chi connectivity index (χ0) is 18.7. The summed E-state index contributed by atoms with van der Waals surface area (Å²) in [6.07, 6.45) is 1.67. The Balaban J connectivity index is 1.75. The molecule has 0 aromatic heterocycles. The number of carbonyl (C=O) groups is 2. The van der Waals surface area contributed by atoms with Gasteiger partial charge < -0.3 is 15.5 Å². The summed E-state index contributed by atoms with van der Waals surface area (Å²) in [5.41, 5.74) is 3.32. The van der Waals surface area contributed by atoms with E-state index in [9.17, 15) is 9.59 Å². The zero-order valence-electron chi connectivity index (χ0n) is 14.9. The second-order valence-corrected chi connectivity index (χ2v) is 6.90. The van der Waals surface area contributed by atoms with Gasteiger partial charge in [0, 0.05) is 24.8 Å². The molecule has 0 radical (unpaired) electrons. The molecule has 1 atom stereocenters. The SMILES string of the molecule is CC(=O)Nc1ccc(NC2CCCN(c3ccccc3Cl)C2=O)cc1C. The van der Waals surface area contributed by atoms with Crippen molar-refractivity contribution in [1.29, 1.82) is 0 Å². The highest BCUT2D eigenvalue weighted by Gasteiger charge is 2.30. The molecule has 1 unspecified atom stereocenters. The van der Waals surface area contributed by atoms with Crippen LogP contribution in [-0.2, 0) is 9.59 Å². The van der Waals surface area contributed by atoms with E-state index in [0.29, 0.717) is 11.6 Å². The molecule has 1 heterocycles. The van der Waals surface area contributed by atoms with Gasteiger partial charge in [0.1, 0.15) is 6.04 Å². The lowest BCUT2D eigenvalue weighted by atomic mass is 10.0. The molecule has 6 heteroatoms. The largest absolute Gasteiger partial charge is 0.374 e. The Morgan fingerprint density at radius 1 is 1.23 bits per heavy atom. The van der Waals surface area contributed by atoms with Crippen LogP contribution < -0.4 is 15.5 Å². The minimum atomic E-state index is -0.300. The van der Waals surface area contributed by atoms with Crippen molar-refractivity contribution < 1.29 is 9.59 Å². The number of anilines is 3. The average Bonchev–Trinajstić information content (AvgIpc) is 2.60. The summed E-state index contributed by atoms with van der Waals surface area (Å²) >= 11 is 6.26. The lowest BCUT2D eigenvalue weighted by molar-refractivity contribution is -0.120. The zero-order valence-corrected chi connectivity index (χ0v) is 15.6. The van der Waals surface area contributed by atoms with Crippen LogP contribution in [0.2, 0.25) is 5.02 Å². The molecule has 1 fully saturated rings. The summed E-state index contributed by atoms with van der Waals surface area (Å²) in [7, 11) is 0. The van der Waals surface area contributed by atoms with Gasteiger partial charge in [-0.1, -0.05) is 23.7 Å². The molecule has 2 N–H and O–H groups in total. The normalized spacial score (nSPS) is 17.1. The monoisotopic (exact) mass is 371 g/mol. The van der Waals surface area contributed by atoms with Crippen LogP contribution in [0.3, 0.4) is 0 Å². The maximum atomic E-state index is 12.9. The van der Waals surface area contributed by atoms with Crippen LogP contribution in [0.4, 0.5) is 17.1 Å². The van der Waals surface area contributed by atoms with E-state index in [1.807, 2.05) is 43.3 Å². The third-order valence-electron chi connectivity index (χ3n) is 4.46. The Bertz CT molecular complexity index is 838. The van der Waals surface area contributed by atoms with Crippen molar-refractivity contribution in [2.24, 2.45) is 0 Å². The van der Waals surface area contributed by atoms with E-state index in [2.05, 4.69) is 10.6 Å². The minimum absolute atomic E-state index is 0.0212. The number of nitrogens with zero attached hydrogens (tertiary/aromatic N) is 1. The van der Waals surface area contributed by atoms with Gasteiger partial charge in [0.25, 0.3) is 0 Å². The van der Waals surface area contributed by atoms with E-state index < -0.39 is 0 Å². The van der Waals surface area contributed by atoms with Gasteiger partial charge in [-0.3, -0.25) is 9.59 Å². The van der Waals surface area contributed by atoms with Crippen molar-refractivity contribution in [1.82, 2.24) is 0 Å². The number of para-hydroxylation sites is 1. The standard InChI is InChI=1S/C20H22ClN3O2/c1-13-12-15(9-10-17(13)22-14(2)25)23-18-7-5-11-24(20(18)26)19-8-4-3-6-16(19)21/h3-4,6,8-10,12,18,23H,5,7,11H2,1-2H3,(H,22,25). The predicted molar refractivity (Wildman–Crippen MR) is 106 cm³/mol. The summed E-state index contributed by atoms with van der Waals surface area (Å²) in [4.78, 5) is 25.9. The number of aryl methyl sites for hydroxylation is 1. The molecule has 0 bridgehead atoms. The third-order valence-corrected chi connectivity index (χ3v) is 4.78. The van der Waals surface area contributed by atoms with E-state index in [1.165, 1.54) is 6.92 Å². The number of rotatable bonds is 4. The minimum Gasteiger partial charge on any atom is -0.374 e. The highest BCUT2D eigenvalue weighted by atomic mass is 35.5. The van der Waals surface area contributed by atoms with Crippen molar-refractivity contribution in [3.8, 4) is 0 Å². The number of piperidine rings is 1. The first kappa shape index (κ1) is 18.3. The summed E-state index contributed by atoms with van der Waals surface area (Å²) < 4.78 is 0. The fourth-order valence-electron chi connectivity index (χ4n) is 3.20. The van der Waals surface area contributed by atoms with Crippen LogP contribution in [0.5, 0.6) is 0 Å². The maximum absolute atomic E-state index is 12.9. The number of hydrogen-bond acceptors (Lipinski definition) is 3. The number of nitrogens with one attached hydrogen (secondary N) is 2. The summed E-state index contributed by atoms with van der Waals surface area (Å²) in [6, 6.07) is 12.8. The smallest absolute Gasteiger partial charge is 0.249 e. The molecule has 26 heavy (non-hydrogen) atoms. The van der Waals surface area contributed by atoms with Gasteiger partial charge in [-0.2, -0.15) is 0 Å². The maximum Gasteiger partial charge on any atom is 0.249 e. The Morgan fingerprint density at radius 2 is 2.00 bits per heavy atom. The number of halogens is 1. The molecule has 2 amide bonds. The molecule has 5 nitrogen and oxygen atoms in total. The molecule has 0 aliphatic carbocycles. The number of hydrogen-bond donors (Lipinski definition) is 2. The van der Waals surface area contributed by atoms with Gasteiger partial charge in [0.15, 0.2) is 0 Å². The van der Waals surface area contributed by atoms with Crippen LogP contribution in [0.1, 0.15) is 25.3 Å². The van der Waals surface area contributed by atoms with Gasteiger partial charge in [-0.25, -0.2) is 0 Å². The highest BCUT2D eigenvalue weighted by Crippen LogP contribution is 2.30. The molecule has 2 aromatic rings. The van der Waals surface area contributed by atoms with E-state index in [4.69, 9.17) is 11.6 Å². The van der Waals surface area contributed by atoms with Gasteiger partial charge >= 0.3 is 0 Å². The summed E-state index contributed by atoms with van der Waals surface area (Å²) in [5, 5.41) is 6.70. The van der Waals surface area contributed by atoms with Crippen LogP contribution in [0, 0.1) is 6.92 Å². The fraction of sp³-hybridized carbons (Fsp3) is 0.300. The van der Waals surface area contributed by atoms with E-state index >= 15 is 0 Å². The van der Waals surface area contributed by atoms with Crippen molar-refractivity contribution in [2.75, 3.05) is 22.1 Å². The number of benzene rings is 2. The van der Waals surface area contributed by atoms with Gasteiger partial charge in [0.05, 0.1) is 10.7 Å². The van der Waals surface area contributed by atoms with E-state index in [-0.39, 0.29) is 17.9 Å². The van der Waals surface area contributed by atoms with Gasteiger partial charge in [-0.05, 0) is 55.7 Å². The Labute approximate surface area is 158 Å². The average molecular weight is 372 g/mol. The molecule has 1 aliphatic heterocycles. The van der Waals surface area contributed by atoms with E-state index in [0.717, 1.165) is 35.5 Å². The summed E-state index contributed by atoms with van der Waals surface area (Å²) in [5.74, 6) is -0.0837. The Morgan fingerprint density at radius 3 is 2.69 bits per heavy atom. The molecule has 2 aromatic carbocycles. The first-order valence-electron chi connectivity index (χ1n) is 8.66. The molecule has 136 valence electrons. The second-order valence-electron chi connectivity index (χ2n) is 6.49. The number of amides is 2. The van der Waals surface area contributed by atoms with Crippen molar-refractivity contribution in [3.63, 3.8) is 0 Å². The molecule has 3 rings (SSSR count). The van der Waals surface area contributed by atoms with Gasteiger partial charge in [-0.15, -0.1) is 0 Å². The summed E-state index contributed by atoms with van der Waals surface area (Å²) in [6.45, 7) is 4.08. The second kappa shape index (κ2) is 7.79. The van der Waals surface area contributed by atoms with Crippen LogP contribution in [0.25, 0.3) is 0 Å². The lowest BCUT2D eigenvalue weighted by Crippen LogP contribution is -2.47. The Hall–Kier alpha value is -2.53. The molecule has 1 saturated heterocycles. The van der Waals surface area contributed by atoms with Gasteiger partial charge in [0.2, 0.25) is 11.8 Å². The fourth-order valence-corrected chi connectivity index (χ4v) is 3.44. The van der Waals surface area contributed by atoms with Crippen molar-refractivity contribution in [3.05, 3.63) is 53.1 Å². The van der Waals surface area contributed by atoms with E-state index in [1.54, 1.807) is 11.0 Å². The van der Waals surface area contributed by atoms with Crippen LogP contribution >= 0.6 is 11.6 Å². The first-order chi connectivity index (χ1) is 12.5. The molecular weight excluding hydrogens is 350 g/mol. The van der Waals surface area contributed by atoms with Crippen LogP contribution in [-0.4, -0.2) is 24.4 Å². The molecular formula is C20H22ClN3O2. The molecule has 0 saturated carbocycles. The highest BCUT2D eigenvalue weighted by molar-refractivity contribution is 6.33. The van der Waals surface area contributed by atoms with Crippen molar-refractivity contribution >= 4 is 40.5 Å².